The zero-order chi connectivity index (χ0) is 14.3. The van der Waals surface area contributed by atoms with Crippen molar-refractivity contribution in [3.63, 3.8) is 0 Å². The number of aromatic carboxylic acids is 1. The molecule has 0 fully saturated rings. The Balaban J connectivity index is 2.16. The van der Waals surface area contributed by atoms with Gasteiger partial charge in [-0.2, -0.15) is 0 Å². The number of carbonyl (C=O) groups excluding carboxylic acids is 1. The van der Waals surface area contributed by atoms with Crippen LogP contribution in [0, 0.1) is 5.82 Å². The topological polar surface area (TPSA) is 45.1 Å². The molecule has 0 saturated heterocycles. The lowest BCUT2D eigenvalue weighted by Gasteiger charge is -2.12. The van der Waals surface area contributed by atoms with Gasteiger partial charge in [0.25, 0.3) is 0 Å². The maximum absolute atomic E-state index is 13.8. The number of benzene rings is 1. The fraction of sp³-hybridized carbons (Fsp3) is 0.0714. The summed E-state index contributed by atoms with van der Waals surface area (Å²) in [6.07, 6.45) is 0. The molecule has 6 heteroatoms. The van der Waals surface area contributed by atoms with Gasteiger partial charge in [0, 0.05) is 10.6 Å². The molecule has 0 aliphatic carbocycles. The molecular formula is C14H8ClFNO2S-. The third-order valence-corrected chi connectivity index (χ3v) is 4.32. The summed E-state index contributed by atoms with van der Waals surface area (Å²) in [4.78, 5) is 11.2. The molecule has 2 heterocycles. The van der Waals surface area contributed by atoms with Gasteiger partial charge in [0.15, 0.2) is 0 Å². The number of hydrogen-bond acceptors (Lipinski definition) is 3. The number of nitrogens with zero attached hydrogens (tertiary/aromatic N) is 1. The van der Waals surface area contributed by atoms with E-state index in [0.29, 0.717) is 0 Å². The number of carboxylic acid groups (broad SMARTS) is 1. The second-order valence-corrected chi connectivity index (χ2v) is 5.63. The van der Waals surface area contributed by atoms with Crippen LogP contribution in [0.3, 0.4) is 0 Å². The largest absolute Gasteiger partial charge is 0.543 e. The van der Waals surface area contributed by atoms with Crippen molar-refractivity contribution >= 4 is 39.1 Å². The Hall–Kier alpha value is -1.85. The third-order valence-electron chi connectivity index (χ3n) is 3.11. The van der Waals surface area contributed by atoms with E-state index in [4.69, 9.17) is 11.6 Å². The smallest absolute Gasteiger partial charge is 0.129 e. The van der Waals surface area contributed by atoms with Crippen LogP contribution in [-0.2, 0) is 6.54 Å². The van der Waals surface area contributed by atoms with Gasteiger partial charge in [-0.15, -0.1) is 11.3 Å². The van der Waals surface area contributed by atoms with E-state index in [1.165, 1.54) is 34.1 Å². The summed E-state index contributed by atoms with van der Waals surface area (Å²) in [5, 5.41) is 13.3. The molecule has 0 saturated carbocycles. The summed E-state index contributed by atoms with van der Waals surface area (Å²) in [6, 6.07) is 7.71. The van der Waals surface area contributed by atoms with Crippen molar-refractivity contribution in [2.24, 2.45) is 0 Å². The molecule has 0 bridgehead atoms. The number of carboxylic acids is 1. The number of rotatable bonds is 3. The first-order chi connectivity index (χ1) is 9.58. The number of hydrogen-bond donors (Lipinski definition) is 0. The molecule has 20 heavy (non-hydrogen) atoms. The Kier molecular flexibility index (Phi) is 3.23. The Labute approximate surface area is 122 Å². The molecule has 0 aliphatic heterocycles. The minimum absolute atomic E-state index is 0.0196. The van der Waals surface area contributed by atoms with Crippen LogP contribution in [0.2, 0.25) is 5.02 Å². The second-order valence-electron chi connectivity index (χ2n) is 4.27. The van der Waals surface area contributed by atoms with E-state index in [1.807, 2.05) is 5.38 Å². The molecule has 0 N–H and O–H groups in total. The molecule has 0 aliphatic rings. The summed E-state index contributed by atoms with van der Waals surface area (Å²) in [7, 11) is 0. The Bertz CT molecular complexity index is 788. The zero-order valence-corrected chi connectivity index (χ0v) is 11.7. The molecular weight excluding hydrogens is 301 g/mol. The first-order valence-corrected chi connectivity index (χ1v) is 7.04. The Morgan fingerprint density at radius 2 is 2.20 bits per heavy atom. The first-order valence-electron chi connectivity index (χ1n) is 5.79. The summed E-state index contributed by atoms with van der Waals surface area (Å²) in [5.41, 5.74) is 1.01. The number of fused-ring (bicyclic) bond motifs is 1. The maximum Gasteiger partial charge on any atom is 0.129 e. The lowest BCUT2D eigenvalue weighted by Crippen LogP contribution is -2.25. The average molecular weight is 309 g/mol. The SMILES string of the molecule is O=C([O-])c1cc2sccc2n1Cc1c(F)cccc1Cl. The number of aromatic nitrogens is 1. The van der Waals surface area contributed by atoms with Crippen molar-refractivity contribution in [3.8, 4) is 0 Å². The zero-order valence-electron chi connectivity index (χ0n) is 10.1. The number of thiophene rings is 1. The molecule has 0 spiro atoms. The van der Waals surface area contributed by atoms with Gasteiger partial charge in [0.1, 0.15) is 5.82 Å². The van der Waals surface area contributed by atoms with Crippen LogP contribution < -0.4 is 5.11 Å². The highest BCUT2D eigenvalue weighted by Crippen LogP contribution is 2.28. The summed E-state index contributed by atoms with van der Waals surface area (Å²) < 4.78 is 16.2. The Morgan fingerprint density at radius 1 is 1.40 bits per heavy atom. The average Bonchev–Trinajstić information content (AvgIpc) is 2.95. The van der Waals surface area contributed by atoms with E-state index >= 15 is 0 Å². The molecule has 3 rings (SSSR count). The molecule has 0 amide bonds. The fourth-order valence-electron chi connectivity index (χ4n) is 2.16. The summed E-state index contributed by atoms with van der Waals surface area (Å²) >= 11 is 7.41. The highest BCUT2D eigenvalue weighted by atomic mass is 35.5. The van der Waals surface area contributed by atoms with E-state index in [9.17, 15) is 14.3 Å². The quantitative estimate of drug-likeness (QED) is 0.747. The van der Waals surface area contributed by atoms with Crippen molar-refractivity contribution in [2.45, 2.75) is 6.54 Å². The van der Waals surface area contributed by atoms with E-state index in [-0.39, 0.29) is 22.8 Å². The normalized spacial score (nSPS) is 11.1. The minimum atomic E-state index is -1.29. The van der Waals surface area contributed by atoms with Gasteiger partial charge in [-0.05, 0) is 29.6 Å². The highest BCUT2D eigenvalue weighted by molar-refractivity contribution is 7.17. The van der Waals surface area contributed by atoms with E-state index in [1.54, 1.807) is 12.1 Å². The van der Waals surface area contributed by atoms with Crippen molar-refractivity contribution < 1.29 is 14.3 Å². The van der Waals surface area contributed by atoms with Gasteiger partial charge in [-0.1, -0.05) is 17.7 Å². The van der Waals surface area contributed by atoms with E-state index in [2.05, 4.69) is 0 Å². The van der Waals surface area contributed by atoms with Crippen LogP contribution in [0.1, 0.15) is 16.1 Å². The molecule has 3 nitrogen and oxygen atoms in total. The predicted octanol–water partition coefficient (Wildman–Crippen LogP) is 2.91. The molecule has 2 aromatic heterocycles. The second kappa shape index (κ2) is 4.92. The van der Waals surface area contributed by atoms with Crippen LogP contribution in [-0.4, -0.2) is 10.5 Å². The van der Waals surface area contributed by atoms with Crippen molar-refractivity contribution in [3.05, 3.63) is 57.8 Å². The van der Waals surface area contributed by atoms with Crippen LogP contribution in [0.4, 0.5) is 4.39 Å². The summed E-state index contributed by atoms with van der Waals surface area (Å²) in [6.45, 7) is 0.0506. The highest BCUT2D eigenvalue weighted by Gasteiger charge is 2.14. The van der Waals surface area contributed by atoms with Gasteiger partial charge in [0.2, 0.25) is 0 Å². The van der Waals surface area contributed by atoms with Crippen molar-refractivity contribution in [2.75, 3.05) is 0 Å². The lowest BCUT2D eigenvalue weighted by molar-refractivity contribution is -0.255. The lowest BCUT2D eigenvalue weighted by atomic mass is 10.2. The van der Waals surface area contributed by atoms with E-state index < -0.39 is 11.8 Å². The minimum Gasteiger partial charge on any atom is -0.543 e. The van der Waals surface area contributed by atoms with Gasteiger partial charge in [-0.3, -0.25) is 0 Å². The van der Waals surface area contributed by atoms with E-state index in [0.717, 1.165) is 10.2 Å². The van der Waals surface area contributed by atoms with Gasteiger partial charge in [-0.25, -0.2) is 4.39 Å². The van der Waals surface area contributed by atoms with Crippen molar-refractivity contribution in [1.82, 2.24) is 4.57 Å². The van der Waals surface area contributed by atoms with Gasteiger partial charge < -0.3 is 14.5 Å². The molecule has 0 unspecified atom stereocenters. The maximum atomic E-state index is 13.8. The van der Waals surface area contributed by atoms with Crippen LogP contribution in [0.15, 0.2) is 35.7 Å². The third kappa shape index (κ3) is 2.09. The standard InChI is InChI=1S/C14H9ClFNO2S/c15-9-2-1-3-10(16)8(9)7-17-11-4-5-20-13(11)6-12(17)14(18)19/h1-6H,7H2,(H,18,19)/p-1. The van der Waals surface area contributed by atoms with Gasteiger partial charge in [0.05, 0.1) is 28.4 Å². The number of carbonyl (C=O) groups is 1. The van der Waals surface area contributed by atoms with Crippen molar-refractivity contribution in [1.29, 1.82) is 0 Å². The van der Waals surface area contributed by atoms with Gasteiger partial charge >= 0.3 is 0 Å². The van der Waals surface area contributed by atoms with Crippen LogP contribution in [0.5, 0.6) is 0 Å². The van der Waals surface area contributed by atoms with Crippen LogP contribution >= 0.6 is 22.9 Å². The Morgan fingerprint density at radius 3 is 2.90 bits per heavy atom. The molecule has 0 radical (unpaired) electrons. The predicted molar refractivity (Wildman–Crippen MR) is 74.7 cm³/mol. The first kappa shape index (κ1) is 13.1. The summed E-state index contributed by atoms with van der Waals surface area (Å²) in [5.74, 6) is -1.75. The molecule has 102 valence electrons. The molecule has 3 aromatic rings. The monoisotopic (exact) mass is 308 g/mol. The fourth-order valence-corrected chi connectivity index (χ4v) is 3.20. The molecule has 0 atom stereocenters. The van der Waals surface area contributed by atoms with Crippen LogP contribution in [0.25, 0.3) is 10.2 Å². The molecule has 1 aromatic carbocycles. The number of halogens is 2.